The number of nitrogens with one attached hydrogen (secondary N) is 1. The van der Waals surface area contributed by atoms with Crippen LogP contribution in [-0.2, 0) is 16.1 Å². The van der Waals surface area contributed by atoms with Crippen LogP contribution in [0.15, 0.2) is 24.3 Å². The van der Waals surface area contributed by atoms with E-state index in [9.17, 15) is 19.7 Å². The summed E-state index contributed by atoms with van der Waals surface area (Å²) in [6.45, 7) is 5.77. The topological polar surface area (TPSA) is 103 Å². The summed E-state index contributed by atoms with van der Waals surface area (Å²) in [5.74, 6) is -1.33. The number of halogens is 1. The molecule has 2 rings (SSSR count). The van der Waals surface area contributed by atoms with Gasteiger partial charge >= 0.3 is 5.97 Å². The Morgan fingerprint density at radius 3 is 2.58 bits per heavy atom. The molecule has 1 N–H and O–H groups in total. The van der Waals surface area contributed by atoms with E-state index in [1.54, 1.807) is 13.0 Å². The van der Waals surface area contributed by atoms with Crippen LogP contribution in [0.5, 0.6) is 0 Å². The van der Waals surface area contributed by atoms with Gasteiger partial charge in [0.2, 0.25) is 0 Å². The number of carbonyl (C=O) groups excluding carboxylic acids is 2. The molecule has 0 saturated heterocycles. The smallest absolute Gasteiger partial charge is 0.340 e. The molecule has 8 nitrogen and oxygen atoms in total. The minimum Gasteiger partial charge on any atom is -0.452 e. The quantitative estimate of drug-likeness (QED) is 0.470. The average molecular weight is 380 g/mol. The fraction of sp³-hybridized carbons (Fsp3) is 0.294. The monoisotopic (exact) mass is 379 g/mol. The van der Waals surface area contributed by atoms with Gasteiger partial charge in [0, 0.05) is 29.0 Å². The minimum absolute atomic E-state index is 0.0623. The molecule has 0 aliphatic heterocycles. The summed E-state index contributed by atoms with van der Waals surface area (Å²) < 4.78 is 6.97. The first kappa shape index (κ1) is 19.5. The lowest BCUT2D eigenvalue weighted by atomic mass is 10.2. The van der Waals surface area contributed by atoms with Crippen LogP contribution in [-0.4, -0.2) is 28.0 Å². The van der Waals surface area contributed by atoms with Gasteiger partial charge in [0.25, 0.3) is 11.6 Å². The van der Waals surface area contributed by atoms with E-state index in [2.05, 4.69) is 5.32 Å². The van der Waals surface area contributed by atoms with Crippen molar-refractivity contribution in [3.8, 4) is 0 Å². The van der Waals surface area contributed by atoms with Crippen LogP contribution < -0.4 is 5.32 Å². The number of amides is 1. The zero-order valence-corrected chi connectivity index (χ0v) is 15.3. The van der Waals surface area contributed by atoms with Crippen LogP contribution in [0.1, 0.15) is 28.7 Å². The Bertz CT molecular complexity index is 876. The summed E-state index contributed by atoms with van der Waals surface area (Å²) in [5, 5.41) is 13.6. The maximum atomic E-state index is 12.2. The lowest BCUT2D eigenvalue weighted by molar-refractivity contribution is -0.383. The number of nitro groups is 1. The lowest BCUT2D eigenvalue weighted by Gasteiger charge is -2.08. The van der Waals surface area contributed by atoms with Gasteiger partial charge in [-0.3, -0.25) is 14.9 Å². The molecule has 0 spiro atoms. The van der Waals surface area contributed by atoms with Crippen LogP contribution in [0.3, 0.4) is 0 Å². The molecule has 1 aromatic carbocycles. The molecule has 1 heterocycles. The Balaban J connectivity index is 2.05. The highest BCUT2D eigenvalue weighted by Gasteiger charge is 2.19. The number of nitrogens with zero attached hydrogens (tertiary/aromatic N) is 2. The third-order valence-electron chi connectivity index (χ3n) is 3.87. The minimum atomic E-state index is -0.701. The van der Waals surface area contributed by atoms with Gasteiger partial charge in [-0.15, -0.1) is 0 Å². The summed E-state index contributed by atoms with van der Waals surface area (Å²) >= 11 is 5.80. The van der Waals surface area contributed by atoms with Gasteiger partial charge in [-0.05, 0) is 39.0 Å². The maximum absolute atomic E-state index is 12.2. The molecular weight excluding hydrogens is 362 g/mol. The fourth-order valence-corrected chi connectivity index (χ4v) is 2.83. The molecule has 0 radical (unpaired) electrons. The Morgan fingerprint density at radius 2 is 2.00 bits per heavy atom. The first-order valence-electron chi connectivity index (χ1n) is 7.82. The SMILES string of the molecule is CCn1c(C)cc(C(=O)OCC(=O)Nc2cc(Cl)ccc2[N+](=O)[O-])c1C. The lowest BCUT2D eigenvalue weighted by Crippen LogP contribution is -2.21. The predicted octanol–water partition coefficient (Wildman–Crippen LogP) is 3.48. The molecule has 2 aromatic rings. The molecule has 0 bridgehead atoms. The normalized spacial score (nSPS) is 10.5. The van der Waals surface area contributed by atoms with Crippen LogP contribution >= 0.6 is 11.6 Å². The molecule has 0 aliphatic rings. The first-order chi connectivity index (χ1) is 12.2. The van der Waals surface area contributed by atoms with Crippen molar-refractivity contribution in [2.75, 3.05) is 11.9 Å². The highest BCUT2D eigenvalue weighted by molar-refractivity contribution is 6.31. The third kappa shape index (κ3) is 4.20. The maximum Gasteiger partial charge on any atom is 0.340 e. The average Bonchev–Trinajstić information content (AvgIpc) is 2.86. The van der Waals surface area contributed by atoms with Gasteiger partial charge in [-0.25, -0.2) is 4.79 Å². The van der Waals surface area contributed by atoms with Gasteiger partial charge < -0.3 is 14.6 Å². The summed E-state index contributed by atoms with van der Waals surface area (Å²) in [4.78, 5) is 34.5. The summed E-state index contributed by atoms with van der Waals surface area (Å²) in [6, 6.07) is 5.48. The molecule has 26 heavy (non-hydrogen) atoms. The molecule has 0 atom stereocenters. The second-order valence-electron chi connectivity index (χ2n) is 5.57. The van der Waals surface area contributed by atoms with Gasteiger partial charge in [-0.2, -0.15) is 0 Å². The van der Waals surface area contributed by atoms with Crippen LogP contribution in [0.25, 0.3) is 0 Å². The molecule has 138 valence electrons. The number of aromatic nitrogens is 1. The van der Waals surface area contributed by atoms with Crippen molar-refractivity contribution >= 4 is 34.9 Å². The largest absolute Gasteiger partial charge is 0.452 e. The zero-order valence-electron chi connectivity index (χ0n) is 14.5. The van der Waals surface area contributed by atoms with Gasteiger partial charge in [0.15, 0.2) is 6.61 Å². The highest BCUT2D eigenvalue weighted by Crippen LogP contribution is 2.27. The molecule has 0 unspecified atom stereocenters. The number of benzene rings is 1. The number of carbonyl (C=O) groups is 2. The van der Waals surface area contributed by atoms with E-state index in [1.807, 2.05) is 18.4 Å². The third-order valence-corrected chi connectivity index (χ3v) is 4.11. The van der Waals surface area contributed by atoms with E-state index >= 15 is 0 Å². The van der Waals surface area contributed by atoms with Crippen LogP contribution in [0, 0.1) is 24.0 Å². The fourth-order valence-electron chi connectivity index (χ4n) is 2.66. The second-order valence-corrected chi connectivity index (χ2v) is 6.01. The van der Waals surface area contributed by atoms with E-state index in [1.165, 1.54) is 18.2 Å². The van der Waals surface area contributed by atoms with Crippen molar-refractivity contribution in [3.63, 3.8) is 0 Å². The van der Waals surface area contributed by atoms with Crippen molar-refractivity contribution < 1.29 is 19.2 Å². The molecule has 1 amide bonds. The molecular formula is C17H18ClN3O5. The second kappa shape index (κ2) is 8.01. The summed E-state index contributed by atoms with van der Waals surface area (Å²) in [7, 11) is 0. The number of ether oxygens (including phenoxy) is 1. The number of esters is 1. The molecule has 1 aromatic heterocycles. The van der Waals surface area contributed by atoms with E-state index in [0.717, 1.165) is 11.4 Å². The predicted molar refractivity (Wildman–Crippen MR) is 96.6 cm³/mol. The van der Waals surface area contributed by atoms with Crippen LogP contribution in [0.4, 0.5) is 11.4 Å². The Hall–Kier alpha value is -2.87. The molecule has 0 aliphatic carbocycles. The van der Waals surface area contributed by atoms with E-state index in [4.69, 9.17) is 16.3 Å². The van der Waals surface area contributed by atoms with Gasteiger partial charge in [0.05, 0.1) is 10.5 Å². The molecule has 0 saturated carbocycles. The Labute approximate surface area is 154 Å². The number of nitro benzene ring substituents is 1. The number of hydrogen-bond donors (Lipinski definition) is 1. The van der Waals surface area contributed by atoms with Crippen LogP contribution in [0.2, 0.25) is 5.02 Å². The van der Waals surface area contributed by atoms with Gasteiger partial charge in [-0.1, -0.05) is 11.6 Å². The summed E-state index contributed by atoms with van der Waals surface area (Å²) in [6.07, 6.45) is 0. The number of hydrogen-bond acceptors (Lipinski definition) is 5. The van der Waals surface area contributed by atoms with E-state index < -0.39 is 23.4 Å². The first-order valence-corrected chi connectivity index (χ1v) is 8.20. The Kier molecular flexibility index (Phi) is 5.99. The van der Waals surface area contributed by atoms with Crippen molar-refractivity contribution in [1.82, 2.24) is 4.57 Å². The molecule has 0 fully saturated rings. The highest BCUT2D eigenvalue weighted by atomic mass is 35.5. The Morgan fingerprint density at radius 1 is 1.31 bits per heavy atom. The zero-order chi connectivity index (χ0) is 19.4. The van der Waals surface area contributed by atoms with E-state index in [0.29, 0.717) is 12.1 Å². The number of rotatable bonds is 6. The van der Waals surface area contributed by atoms with Crippen molar-refractivity contribution in [2.45, 2.75) is 27.3 Å². The van der Waals surface area contributed by atoms with Crippen molar-refractivity contribution in [3.05, 3.63) is 56.4 Å². The van der Waals surface area contributed by atoms with Gasteiger partial charge in [0.1, 0.15) is 5.69 Å². The van der Waals surface area contributed by atoms with Crippen molar-refractivity contribution in [1.29, 1.82) is 0 Å². The van der Waals surface area contributed by atoms with E-state index in [-0.39, 0.29) is 16.4 Å². The van der Waals surface area contributed by atoms with Crippen molar-refractivity contribution in [2.24, 2.45) is 0 Å². The molecule has 9 heteroatoms. The standard InChI is InChI=1S/C17H18ClN3O5/c1-4-20-10(2)7-13(11(20)3)17(23)26-9-16(22)19-14-8-12(18)5-6-15(14)21(24)25/h5-8H,4,9H2,1-3H3,(H,19,22). The summed E-state index contributed by atoms with van der Waals surface area (Å²) in [5.41, 5.74) is 1.68. The number of aryl methyl sites for hydroxylation is 1. The number of anilines is 1.